The maximum Gasteiger partial charge on any atom is 0.151 e. The quantitative estimate of drug-likeness (QED) is 0.599. The van der Waals surface area contributed by atoms with Gasteiger partial charge in [0.05, 0.1) is 5.75 Å². The van der Waals surface area contributed by atoms with E-state index < -0.39 is 9.84 Å². The van der Waals surface area contributed by atoms with Crippen LogP contribution in [0.5, 0.6) is 0 Å². The van der Waals surface area contributed by atoms with E-state index in [0.717, 1.165) is 25.1 Å². The van der Waals surface area contributed by atoms with Crippen LogP contribution >= 0.6 is 0 Å². The summed E-state index contributed by atoms with van der Waals surface area (Å²) in [6, 6.07) is 0. The van der Waals surface area contributed by atoms with Crippen LogP contribution in [0.2, 0.25) is 0 Å². The summed E-state index contributed by atoms with van der Waals surface area (Å²) >= 11 is 0. The predicted octanol–water partition coefficient (Wildman–Crippen LogP) is -0.0493. The first-order valence-electron chi connectivity index (χ1n) is 3.64. The van der Waals surface area contributed by atoms with Crippen LogP contribution in [-0.2, 0) is 9.84 Å². The molecule has 1 heterocycles. The molecule has 0 unspecified atom stereocenters. The minimum Gasteiger partial charge on any atom is -0.313 e. The summed E-state index contributed by atoms with van der Waals surface area (Å²) in [5.74, 6) is 0.231. The molecular formula is C7H13NO2S. The van der Waals surface area contributed by atoms with E-state index >= 15 is 0 Å². The van der Waals surface area contributed by atoms with Crippen molar-refractivity contribution in [2.45, 2.75) is 6.42 Å². The molecule has 0 saturated heterocycles. The Hall–Kier alpha value is -0.350. The zero-order valence-corrected chi connectivity index (χ0v) is 7.45. The molecule has 0 amide bonds. The average Bonchev–Trinajstić information content (AvgIpc) is 1.85. The lowest BCUT2D eigenvalue weighted by Gasteiger charge is -2.12. The van der Waals surface area contributed by atoms with Crippen LogP contribution in [0.1, 0.15) is 6.42 Å². The first-order valence-corrected chi connectivity index (χ1v) is 5.70. The third-order valence-corrected chi connectivity index (χ3v) is 2.50. The van der Waals surface area contributed by atoms with Crippen molar-refractivity contribution >= 4 is 9.84 Å². The highest BCUT2D eigenvalue weighted by Crippen LogP contribution is 2.06. The minimum absolute atomic E-state index is 0.231. The molecule has 0 aliphatic carbocycles. The van der Waals surface area contributed by atoms with Gasteiger partial charge in [-0.1, -0.05) is 11.6 Å². The van der Waals surface area contributed by atoms with Gasteiger partial charge in [-0.3, -0.25) is 0 Å². The lowest BCUT2D eigenvalue weighted by atomic mass is 10.1. The fourth-order valence-electron chi connectivity index (χ4n) is 1.14. The second-order valence-electron chi connectivity index (χ2n) is 2.89. The van der Waals surface area contributed by atoms with E-state index in [1.165, 1.54) is 6.26 Å². The Morgan fingerprint density at radius 2 is 2.36 bits per heavy atom. The van der Waals surface area contributed by atoms with Crippen LogP contribution in [0.25, 0.3) is 0 Å². The SMILES string of the molecule is CS(=O)(=O)CC1=CCNCC1. The third kappa shape index (κ3) is 3.53. The molecule has 0 radical (unpaired) electrons. The Balaban J connectivity index is 2.55. The second-order valence-corrected chi connectivity index (χ2v) is 5.03. The molecule has 0 spiro atoms. The summed E-state index contributed by atoms with van der Waals surface area (Å²) in [7, 11) is -2.82. The number of hydrogen-bond acceptors (Lipinski definition) is 3. The molecule has 0 aromatic carbocycles. The molecule has 0 bridgehead atoms. The van der Waals surface area contributed by atoms with Crippen LogP contribution in [-0.4, -0.2) is 33.5 Å². The second kappa shape index (κ2) is 3.36. The number of rotatable bonds is 2. The summed E-state index contributed by atoms with van der Waals surface area (Å²) in [5.41, 5.74) is 1.05. The molecule has 0 fully saturated rings. The van der Waals surface area contributed by atoms with Gasteiger partial charge in [0.1, 0.15) is 0 Å². The van der Waals surface area contributed by atoms with E-state index in [-0.39, 0.29) is 5.75 Å². The Morgan fingerprint density at radius 3 is 2.82 bits per heavy atom. The molecule has 0 aromatic heterocycles. The molecule has 11 heavy (non-hydrogen) atoms. The molecule has 64 valence electrons. The van der Waals surface area contributed by atoms with Gasteiger partial charge in [-0.05, 0) is 13.0 Å². The Morgan fingerprint density at radius 1 is 1.64 bits per heavy atom. The Labute approximate surface area is 67.4 Å². The van der Waals surface area contributed by atoms with E-state index in [0.29, 0.717) is 0 Å². The van der Waals surface area contributed by atoms with E-state index in [2.05, 4.69) is 5.32 Å². The van der Waals surface area contributed by atoms with E-state index in [4.69, 9.17) is 0 Å². The van der Waals surface area contributed by atoms with Crippen molar-refractivity contribution in [3.8, 4) is 0 Å². The Bertz CT molecular complexity index is 254. The highest BCUT2D eigenvalue weighted by atomic mass is 32.2. The summed E-state index contributed by atoms with van der Waals surface area (Å²) < 4.78 is 21.7. The standard InChI is InChI=1S/C7H13NO2S/c1-11(9,10)6-7-2-4-8-5-3-7/h2,8H,3-6H2,1H3. The van der Waals surface area contributed by atoms with Crippen molar-refractivity contribution in [2.75, 3.05) is 25.1 Å². The first kappa shape index (κ1) is 8.74. The topological polar surface area (TPSA) is 46.2 Å². The third-order valence-electron chi connectivity index (χ3n) is 1.61. The fourth-order valence-corrected chi connectivity index (χ4v) is 2.07. The van der Waals surface area contributed by atoms with Crippen molar-refractivity contribution < 1.29 is 8.42 Å². The van der Waals surface area contributed by atoms with Crippen molar-refractivity contribution in [1.29, 1.82) is 0 Å². The highest BCUT2D eigenvalue weighted by Gasteiger charge is 2.08. The predicted molar refractivity (Wildman–Crippen MR) is 45.3 cm³/mol. The van der Waals surface area contributed by atoms with Gasteiger partial charge in [0.15, 0.2) is 9.84 Å². The van der Waals surface area contributed by atoms with Crippen molar-refractivity contribution in [3.63, 3.8) is 0 Å². The fraction of sp³-hybridized carbons (Fsp3) is 0.714. The normalized spacial score (nSPS) is 19.5. The zero-order valence-electron chi connectivity index (χ0n) is 6.63. The maximum atomic E-state index is 10.8. The van der Waals surface area contributed by atoms with Gasteiger partial charge in [-0.25, -0.2) is 8.42 Å². The lowest BCUT2D eigenvalue weighted by molar-refractivity contribution is 0.601. The number of sulfone groups is 1. The van der Waals surface area contributed by atoms with Gasteiger partial charge in [0.2, 0.25) is 0 Å². The molecule has 0 atom stereocenters. The van der Waals surface area contributed by atoms with Crippen LogP contribution in [0, 0.1) is 0 Å². The van der Waals surface area contributed by atoms with Gasteiger partial charge < -0.3 is 5.32 Å². The van der Waals surface area contributed by atoms with Crippen LogP contribution in [0.3, 0.4) is 0 Å². The molecule has 1 N–H and O–H groups in total. The van der Waals surface area contributed by atoms with E-state index in [1.807, 2.05) is 6.08 Å². The maximum absolute atomic E-state index is 10.8. The van der Waals surface area contributed by atoms with Crippen molar-refractivity contribution in [1.82, 2.24) is 5.32 Å². The summed E-state index contributed by atoms with van der Waals surface area (Å²) in [5, 5.41) is 3.13. The molecule has 4 heteroatoms. The van der Waals surface area contributed by atoms with Gasteiger partial charge in [0, 0.05) is 12.8 Å². The highest BCUT2D eigenvalue weighted by molar-refractivity contribution is 7.90. The largest absolute Gasteiger partial charge is 0.313 e. The zero-order chi connectivity index (χ0) is 8.32. The number of hydrogen-bond donors (Lipinski definition) is 1. The average molecular weight is 175 g/mol. The molecule has 1 aliphatic heterocycles. The van der Waals surface area contributed by atoms with Gasteiger partial charge in [-0.2, -0.15) is 0 Å². The van der Waals surface area contributed by atoms with Gasteiger partial charge >= 0.3 is 0 Å². The molecule has 0 aromatic rings. The summed E-state index contributed by atoms with van der Waals surface area (Å²) in [6.45, 7) is 1.71. The molecule has 1 aliphatic rings. The van der Waals surface area contributed by atoms with E-state index in [9.17, 15) is 8.42 Å². The monoisotopic (exact) mass is 175 g/mol. The molecule has 3 nitrogen and oxygen atoms in total. The van der Waals surface area contributed by atoms with Gasteiger partial charge in [-0.15, -0.1) is 0 Å². The summed E-state index contributed by atoms with van der Waals surface area (Å²) in [6.07, 6.45) is 4.10. The van der Waals surface area contributed by atoms with Crippen LogP contribution < -0.4 is 5.32 Å². The molecular weight excluding hydrogens is 162 g/mol. The van der Waals surface area contributed by atoms with Crippen LogP contribution in [0.15, 0.2) is 11.6 Å². The smallest absolute Gasteiger partial charge is 0.151 e. The van der Waals surface area contributed by atoms with Crippen LogP contribution in [0.4, 0.5) is 0 Å². The summed E-state index contributed by atoms with van der Waals surface area (Å²) in [4.78, 5) is 0. The van der Waals surface area contributed by atoms with E-state index in [1.54, 1.807) is 0 Å². The lowest BCUT2D eigenvalue weighted by Crippen LogP contribution is -2.23. The first-order chi connectivity index (χ1) is 5.08. The van der Waals surface area contributed by atoms with Crippen molar-refractivity contribution in [3.05, 3.63) is 11.6 Å². The van der Waals surface area contributed by atoms with Crippen molar-refractivity contribution in [2.24, 2.45) is 0 Å². The molecule has 1 rings (SSSR count). The van der Waals surface area contributed by atoms with Gasteiger partial charge in [0.25, 0.3) is 0 Å². The molecule has 0 saturated carbocycles. The Kier molecular flexibility index (Phi) is 2.67. The minimum atomic E-state index is -2.82. The number of nitrogens with one attached hydrogen (secondary N) is 1.